The van der Waals surface area contributed by atoms with Gasteiger partial charge in [-0.2, -0.15) is 0 Å². The number of aliphatic carboxylic acids is 1. The molecule has 7 nitrogen and oxygen atoms in total. The van der Waals surface area contributed by atoms with Crippen LogP contribution >= 0.6 is 0 Å². The number of nitrogens with zero attached hydrogens (tertiary/aromatic N) is 1. The average Bonchev–Trinajstić information content (AvgIpc) is 2.69. The predicted molar refractivity (Wildman–Crippen MR) is 108 cm³/mol. The number of aryl methyl sites for hydroxylation is 2. The van der Waals surface area contributed by atoms with Crippen LogP contribution in [0.25, 0.3) is 0 Å². The largest absolute Gasteiger partial charge is 0.481 e. The van der Waals surface area contributed by atoms with Crippen molar-refractivity contribution in [1.82, 2.24) is 9.88 Å². The van der Waals surface area contributed by atoms with Crippen LogP contribution in [0, 0.1) is 12.3 Å². The Balaban J connectivity index is 1.78. The van der Waals surface area contributed by atoms with Crippen LogP contribution in [-0.4, -0.2) is 51.2 Å². The van der Waals surface area contributed by atoms with Crippen molar-refractivity contribution in [2.45, 2.75) is 38.7 Å². The minimum atomic E-state index is -1.44. The number of hydrogen-bond donors (Lipinski definition) is 3. The molecule has 0 bridgehead atoms. The highest BCUT2D eigenvalue weighted by Gasteiger charge is 2.49. The van der Waals surface area contributed by atoms with Crippen molar-refractivity contribution in [3.8, 4) is 0 Å². The normalized spacial score (nSPS) is 21.7. The second-order valence-corrected chi connectivity index (χ2v) is 7.73. The van der Waals surface area contributed by atoms with Gasteiger partial charge in [-0.3, -0.25) is 14.4 Å². The van der Waals surface area contributed by atoms with E-state index in [-0.39, 0.29) is 31.5 Å². The molecule has 0 radical (unpaired) electrons. The number of aliphatic hydroxyl groups excluding tert-OH is 1. The Kier molecular flexibility index (Phi) is 6.17. The van der Waals surface area contributed by atoms with E-state index in [0.29, 0.717) is 18.5 Å². The number of likely N-dealkylation sites (tertiary alicyclic amines) is 1. The number of aromatic nitrogens is 1. The third-order valence-electron chi connectivity index (χ3n) is 5.72. The number of hydrogen-bond acceptors (Lipinski definition) is 4. The first-order valence-electron chi connectivity index (χ1n) is 9.77. The van der Waals surface area contributed by atoms with Gasteiger partial charge in [-0.05, 0) is 38.2 Å². The van der Waals surface area contributed by atoms with E-state index in [1.165, 1.54) is 17.2 Å². The quantitative estimate of drug-likeness (QED) is 0.689. The lowest BCUT2D eigenvalue weighted by Crippen LogP contribution is -2.57. The number of aromatic amines is 1. The number of carbonyl (C=O) groups is 2. The standard InChI is InChI=1S/C22H26N2O5/c1-15-12-18(25)17(13-23-15)20(27)24-11-9-19(26)22(14-24,21(28)29)10-5-8-16-6-3-2-4-7-16/h2-4,6-7,12-13,19,26H,5,8-11,14H2,1H3,(H,23,25)(H,28,29)/t19-,22-/m1/s1. The third kappa shape index (κ3) is 4.40. The van der Waals surface area contributed by atoms with Crippen LogP contribution in [0.1, 0.15) is 40.9 Å². The molecule has 2 heterocycles. The number of piperidine rings is 1. The summed E-state index contributed by atoms with van der Waals surface area (Å²) in [7, 11) is 0. The maximum Gasteiger partial charge on any atom is 0.314 e. The summed E-state index contributed by atoms with van der Waals surface area (Å²) in [6, 6.07) is 11.1. The Bertz CT molecular complexity index is 940. The Hall–Kier alpha value is -2.93. The maximum atomic E-state index is 12.9. The summed E-state index contributed by atoms with van der Waals surface area (Å²) >= 11 is 0. The van der Waals surface area contributed by atoms with E-state index in [0.717, 1.165) is 5.56 Å². The molecule has 1 aliphatic heterocycles. The molecular weight excluding hydrogens is 372 g/mol. The van der Waals surface area contributed by atoms with Crippen molar-refractivity contribution in [1.29, 1.82) is 0 Å². The summed E-state index contributed by atoms with van der Waals surface area (Å²) in [4.78, 5) is 41.5. The smallest absolute Gasteiger partial charge is 0.314 e. The Morgan fingerprint density at radius 1 is 1.28 bits per heavy atom. The number of nitrogens with one attached hydrogen (secondary N) is 1. The Morgan fingerprint density at radius 3 is 2.66 bits per heavy atom. The molecule has 1 saturated heterocycles. The molecule has 1 aliphatic rings. The van der Waals surface area contributed by atoms with E-state index in [1.54, 1.807) is 6.92 Å². The van der Waals surface area contributed by atoms with E-state index in [4.69, 9.17) is 0 Å². The van der Waals surface area contributed by atoms with Crippen molar-refractivity contribution in [2.24, 2.45) is 5.41 Å². The second-order valence-electron chi connectivity index (χ2n) is 7.73. The van der Waals surface area contributed by atoms with E-state index in [1.807, 2.05) is 30.3 Å². The lowest BCUT2D eigenvalue weighted by atomic mass is 9.73. The molecule has 1 amide bonds. The fourth-order valence-electron chi connectivity index (χ4n) is 3.98. The first-order chi connectivity index (χ1) is 13.8. The van der Waals surface area contributed by atoms with Gasteiger partial charge in [0.2, 0.25) is 0 Å². The van der Waals surface area contributed by atoms with Gasteiger partial charge in [0, 0.05) is 31.0 Å². The minimum absolute atomic E-state index is 0.0180. The van der Waals surface area contributed by atoms with Gasteiger partial charge in [-0.25, -0.2) is 0 Å². The van der Waals surface area contributed by atoms with Crippen molar-refractivity contribution in [3.05, 3.63) is 69.6 Å². The number of pyridine rings is 1. The van der Waals surface area contributed by atoms with E-state index in [2.05, 4.69) is 4.98 Å². The van der Waals surface area contributed by atoms with Crippen LogP contribution in [0.4, 0.5) is 0 Å². The van der Waals surface area contributed by atoms with E-state index >= 15 is 0 Å². The highest BCUT2D eigenvalue weighted by atomic mass is 16.4. The SMILES string of the molecule is Cc1cc(=O)c(C(=O)N2CC[C@@H](O)[C@](CCCc3ccccc3)(C(=O)O)C2)c[nH]1. The van der Waals surface area contributed by atoms with Gasteiger partial charge in [0.15, 0.2) is 5.43 Å². The molecule has 7 heteroatoms. The number of carbonyl (C=O) groups excluding carboxylic acids is 1. The monoisotopic (exact) mass is 398 g/mol. The Morgan fingerprint density at radius 2 is 2.00 bits per heavy atom. The molecule has 3 rings (SSSR count). The molecule has 1 aromatic carbocycles. The van der Waals surface area contributed by atoms with E-state index in [9.17, 15) is 24.6 Å². The lowest BCUT2D eigenvalue weighted by Gasteiger charge is -2.43. The van der Waals surface area contributed by atoms with Gasteiger partial charge in [0.05, 0.1) is 6.10 Å². The van der Waals surface area contributed by atoms with Gasteiger partial charge in [-0.15, -0.1) is 0 Å². The summed E-state index contributed by atoms with van der Waals surface area (Å²) in [6.45, 7) is 1.81. The molecule has 0 unspecified atom stereocenters. The molecule has 2 atom stereocenters. The summed E-state index contributed by atoms with van der Waals surface area (Å²) < 4.78 is 0. The van der Waals surface area contributed by atoms with Gasteiger partial charge >= 0.3 is 5.97 Å². The fourth-order valence-corrected chi connectivity index (χ4v) is 3.98. The molecule has 0 aliphatic carbocycles. The molecule has 1 fully saturated rings. The summed E-state index contributed by atoms with van der Waals surface area (Å²) in [5.41, 5.74) is -0.128. The topological polar surface area (TPSA) is 111 Å². The number of aliphatic hydroxyl groups is 1. The molecule has 1 aromatic heterocycles. The molecule has 3 N–H and O–H groups in total. The minimum Gasteiger partial charge on any atom is -0.481 e. The van der Waals surface area contributed by atoms with Gasteiger partial charge in [-0.1, -0.05) is 30.3 Å². The summed E-state index contributed by atoms with van der Waals surface area (Å²) in [5.74, 6) is -1.62. The van der Waals surface area contributed by atoms with Crippen molar-refractivity contribution >= 4 is 11.9 Å². The molecule has 2 aromatic rings. The van der Waals surface area contributed by atoms with Gasteiger partial charge < -0.3 is 20.1 Å². The van der Waals surface area contributed by atoms with Crippen molar-refractivity contribution in [3.63, 3.8) is 0 Å². The van der Waals surface area contributed by atoms with Gasteiger partial charge in [0.1, 0.15) is 11.0 Å². The molecule has 29 heavy (non-hydrogen) atoms. The van der Waals surface area contributed by atoms with Crippen LogP contribution in [0.15, 0.2) is 47.4 Å². The zero-order valence-corrected chi connectivity index (χ0v) is 16.4. The van der Waals surface area contributed by atoms with Crippen LogP contribution in [0.5, 0.6) is 0 Å². The zero-order chi connectivity index (χ0) is 21.0. The molecule has 0 saturated carbocycles. The summed E-state index contributed by atoms with van der Waals surface area (Å²) in [5, 5.41) is 20.5. The third-order valence-corrected chi connectivity index (χ3v) is 5.72. The zero-order valence-electron chi connectivity index (χ0n) is 16.4. The first-order valence-corrected chi connectivity index (χ1v) is 9.77. The van der Waals surface area contributed by atoms with Crippen LogP contribution in [-0.2, 0) is 11.2 Å². The van der Waals surface area contributed by atoms with Crippen molar-refractivity contribution in [2.75, 3.05) is 13.1 Å². The lowest BCUT2D eigenvalue weighted by molar-refractivity contribution is -0.162. The number of amides is 1. The number of H-pyrrole nitrogens is 1. The van der Waals surface area contributed by atoms with Crippen LogP contribution < -0.4 is 5.43 Å². The van der Waals surface area contributed by atoms with Crippen molar-refractivity contribution < 1.29 is 19.8 Å². The molecule has 0 spiro atoms. The fraction of sp³-hybridized carbons (Fsp3) is 0.409. The average molecular weight is 398 g/mol. The van der Waals surface area contributed by atoms with Gasteiger partial charge in [0.25, 0.3) is 5.91 Å². The van der Waals surface area contributed by atoms with Crippen LogP contribution in [0.2, 0.25) is 0 Å². The van der Waals surface area contributed by atoms with Crippen LogP contribution in [0.3, 0.4) is 0 Å². The number of carboxylic acid groups (broad SMARTS) is 1. The molecule has 154 valence electrons. The second kappa shape index (κ2) is 8.61. The number of rotatable bonds is 6. The Labute approximate surface area is 169 Å². The highest BCUT2D eigenvalue weighted by Crippen LogP contribution is 2.36. The summed E-state index contributed by atoms with van der Waals surface area (Å²) in [6.07, 6.45) is 1.98. The number of carboxylic acids is 1. The predicted octanol–water partition coefficient (Wildman–Crippen LogP) is 1.98. The highest BCUT2D eigenvalue weighted by molar-refractivity contribution is 5.94. The maximum absolute atomic E-state index is 12.9. The molecular formula is C22H26N2O5. The first kappa shape index (κ1) is 20.8. The van der Waals surface area contributed by atoms with E-state index < -0.39 is 28.8 Å². The number of benzene rings is 1.